The first-order valence-electron chi connectivity index (χ1n) is 7.09. The Labute approximate surface area is 161 Å². The van der Waals surface area contributed by atoms with Crippen LogP contribution in [0.2, 0.25) is 5.02 Å². The Morgan fingerprint density at radius 1 is 1.08 bits per heavy atom. The van der Waals surface area contributed by atoms with Crippen molar-refractivity contribution >= 4 is 65.8 Å². The molecule has 0 fully saturated rings. The fourth-order valence-electron chi connectivity index (χ4n) is 2.24. The molecule has 0 aliphatic heterocycles. The minimum Gasteiger partial charge on any atom is -0.483 e. The average molecular weight is 470 g/mol. The molecule has 1 N–H and O–H groups in total. The maximum atomic E-state index is 12.1. The molecule has 0 heterocycles. The number of carbonyl (C=O) groups excluding carboxylic acids is 1. The van der Waals surface area contributed by atoms with E-state index in [2.05, 4.69) is 37.2 Å². The van der Waals surface area contributed by atoms with E-state index in [0.29, 0.717) is 16.5 Å². The van der Waals surface area contributed by atoms with Crippen molar-refractivity contribution in [3.05, 3.63) is 68.6 Å². The van der Waals surface area contributed by atoms with Crippen LogP contribution in [0.25, 0.3) is 10.8 Å². The van der Waals surface area contributed by atoms with Gasteiger partial charge in [0.05, 0.1) is 9.50 Å². The summed E-state index contributed by atoms with van der Waals surface area (Å²) in [4.78, 5) is 12.1. The number of benzene rings is 3. The summed E-state index contributed by atoms with van der Waals surface area (Å²) in [6, 6.07) is 17.0. The standard InChI is InChI=1S/C18H12Br2ClNO2/c19-14-7-6-12(9-15(14)21)22-17(23)10-24-16-8-5-11-3-1-2-4-13(11)18(16)20/h1-9H,10H2,(H,22,23). The van der Waals surface area contributed by atoms with Gasteiger partial charge in [0.2, 0.25) is 0 Å². The molecule has 122 valence electrons. The van der Waals surface area contributed by atoms with Crippen LogP contribution >= 0.6 is 43.5 Å². The molecule has 3 aromatic carbocycles. The van der Waals surface area contributed by atoms with Gasteiger partial charge in [-0.05, 0) is 66.9 Å². The van der Waals surface area contributed by atoms with Gasteiger partial charge in [0.1, 0.15) is 5.75 Å². The quantitative estimate of drug-likeness (QED) is 0.506. The van der Waals surface area contributed by atoms with Crippen LogP contribution in [0, 0.1) is 0 Å². The molecule has 0 radical (unpaired) electrons. The second-order valence-corrected chi connectivity index (χ2v) is 7.12. The van der Waals surface area contributed by atoms with Crippen molar-refractivity contribution < 1.29 is 9.53 Å². The fraction of sp³-hybridized carbons (Fsp3) is 0.0556. The van der Waals surface area contributed by atoms with Gasteiger partial charge in [0.15, 0.2) is 6.61 Å². The molecule has 0 bridgehead atoms. The lowest BCUT2D eigenvalue weighted by molar-refractivity contribution is -0.118. The highest BCUT2D eigenvalue weighted by Gasteiger charge is 2.09. The number of carbonyl (C=O) groups is 1. The lowest BCUT2D eigenvalue weighted by atomic mass is 10.1. The molecule has 0 atom stereocenters. The Bertz CT molecular complexity index is 915. The van der Waals surface area contributed by atoms with Crippen molar-refractivity contribution in [3.63, 3.8) is 0 Å². The highest BCUT2D eigenvalue weighted by Crippen LogP contribution is 2.33. The molecule has 0 aliphatic carbocycles. The largest absolute Gasteiger partial charge is 0.483 e. The molecular formula is C18H12Br2ClNO2. The van der Waals surface area contributed by atoms with E-state index in [9.17, 15) is 4.79 Å². The summed E-state index contributed by atoms with van der Waals surface area (Å²) >= 11 is 12.9. The van der Waals surface area contributed by atoms with Crippen molar-refractivity contribution in [1.82, 2.24) is 0 Å². The van der Waals surface area contributed by atoms with E-state index in [1.807, 2.05) is 36.4 Å². The Hall–Kier alpha value is -1.56. The van der Waals surface area contributed by atoms with Crippen LogP contribution in [0.4, 0.5) is 5.69 Å². The first-order valence-corrected chi connectivity index (χ1v) is 9.06. The van der Waals surface area contributed by atoms with Crippen molar-refractivity contribution in [2.24, 2.45) is 0 Å². The zero-order valence-corrected chi connectivity index (χ0v) is 16.3. The fourth-order valence-corrected chi connectivity index (χ4v) is 3.27. The van der Waals surface area contributed by atoms with Crippen molar-refractivity contribution in [2.45, 2.75) is 0 Å². The number of fused-ring (bicyclic) bond motifs is 1. The molecule has 3 rings (SSSR count). The molecule has 0 saturated heterocycles. The van der Waals surface area contributed by atoms with Crippen LogP contribution < -0.4 is 10.1 Å². The summed E-state index contributed by atoms with van der Waals surface area (Å²) in [7, 11) is 0. The van der Waals surface area contributed by atoms with Crippen LogP contribution in [-0.2, 0) is 4.79 Å². The number of anilines is 1. The Kier molecular flexibility index (Phi) is 5.43. The maximum absolute atomic E-state index is 12.1. The Morgan fingerprint density at radius 3 is 2.67 bits per heavy atom. The van der Waals surface area contributed by atoms with Crippen molar-refractivity contribution in [1.29, 1.82) is 0 Å². The smallest absolute Gasteiger partial charge is 0.262 e. The van der Waals surface area contributed by atoms with Crippen LogP contribution in [0.5, 0.6) is 5.75 Å². The number of nitrogens with one attached hydrogen (secondary N) is 1. The number of hydrogen-bond donors (Lipinski definition) is 1. The molecular weight excluding hydrogens is 457 g/mol. The van der Waals surface area contributed by atoms with E-state index in [1.165, 1.54) is 0 Å². The summed E-state index contributed by atoms with van der Waals surface area (Å²) < 4.78 is 7.24. The van der Waals surface area contributed by atoms with E-state index >= 15 is 0 Å². The monoisotopic (exact) mass is 467 g/mol. The third kappa shape index (κ3) is 3.91. The lowest BCUT2D eigenvalue weighted by Gasteiger charge is -2.11. The number of hydrogen-bond acceptors (Lipinski definition) is 2. The summed E-state index contributed by atoms with van der Waals surface area (Å²) in [5, 5.41) is 5.43. The minimum atomic E-state index is -0.256. The minimum absolute atomic E-state index is 0.0926. The van der Waals surface area contributed by atoms with E-state index in [1.54, 1.807) is 18.2 Å². The van der Waals surface area contributed by atoms with Gasteiger partial charge in [0.25, 0.3) is 5.91 Å². The number of amides is 1. The predicted molar refractivity (Wildman–Crippen MR) is 105 cm³/mol. The highest BCUT2D eigenvalue weighted by atomic mass is 79.9. The molecule has 24 heavy (non-hydrogen) atoms. The van der Waals surface area contributed by atoms with Crippen LogP contribution in [-0.4, -0.2) is 12.5 Å². The summed E-state index contributed by atoms with van der Waals surface area (Å²) in [5.74, 6) is 0.367. The molecule has 1 amide bonds. The molecule has 0 aromatic heterocycles. The highest BCUT2D eigenvalue weighted by molar-refractivity contribution is 9.11. The predicted octanol–water partition coefficient (Wildman–Crippen LogP) is 6.04. The molecule has 0 spiro atoms. The van der Waals surface area contributed by atoms with Crippen molar-refractivity contribution in [3.8, 4) is 5.75 Å². The molecule has 0 saturated carbocycles. The van der Waals surface area contributed by atoms with E-state index in [0.717, 1.165) is 19.7 Å². The molecule has 3 aromatic rings. The first-order chi connectivity index (χ1) is 11.5. The molecule has 0 unspecified atom stereocenters. The SMILES string of the molecule is O=C(COc1ccc2ccccc2c1Br)Nc1ccc(Br)c(Cl)c1. The van der Waals surface area contributed by atoms with Gasteiger partial charge in [-0.3, -0.25) is 4.79 Å². The average Bonchev–Trinajstić information content (AvgIpc) is 2.58. The first kappa shape index (κ1) is 17.3. The van der Waals surface area contributed by atoms with Crippen LogP contribution in [0.15, 0.2) is 63.5 Å². The summed E-state index contributed by atoms with van der Waals surface area (Å²) in [6.07, 6.45) is 0. The molecule has 6 heteroatoms. The van der Waals surface area contributed by atoms with E-state index in [4.69, 9.17) is 16.3 Å². The van der Waals surface area contributed by atoms with Gasteiger partial charge in [0, 0.05) is 10.2 Å². The third-order valence-electron chi connectivity index (χ3n) is 3.39. The van der Waals surface area contributed by atoms with Gasteiger partial charge >= 0.3 is 0 Å². The molecule has 0 aliphatic rings. The number of ether oxygens (including phenoxy) is 1. The van der Waals surface area contributed by atoms with E-state index in [-0.39, 0.29) is 12.5 Å². The topological polar surface area (TPSA) is 38.3 Å². The maximum Gasteiger partial charge on any atom is 0.262 e. The van der Waals surface area contributed by atoms with Gasteiger partial charge in [-0.15, -0.1) is 0 Å². The van der Waals surface area contributed by atoms with Crippen LogP contribution in [0.3, 0.4) is 0 Å². The number of halogens is 3. The van der Waals surface area contributed by atoms with Crippen molar-refractivity contribution in [2.75, 3.05) is 11.9 Å². The van der Waals surface area contributed by atoms with Gasteiger partial charge in [-0.25, -0.2) is 0 Å². The van der Waals surface area contributed by atoms with Gasteiger partial charge < -0.3 is 10.1 Å². The van der Waals surface area contributed by atoms with Crippen LogP contribution in [0.1, 0.15) is 0 Å². The summed E-state index contributed by atoms with van der Waals surface area (Å²) in [6.45, 7) is -0.0926. The third-order valence-corrected chi connectivity index (χ3v) is 5.44. The second kappa shape index (κ2) is 7.55. The molecule has 3 nitrogen and oxygen atoms in total. The zero-order chi connectivity index (χ0) is 17.1. The second-order valence-electron chi connectivity index (χ2n) is 5.06. The Balaban J connectivity index is 1.68. The van der Waals surface area contributed by atoms with Gasteiger partial charge in [-0.1, -0.05) is 41.9 Å². The lowest BCUT2D eigenvalue weighted by Crippen LogP contribution is -2.20. The normalized spacial score (nSPS) is 10.6. The van der Waals surface area contributed by atoms with Gasteiger partial charge in [-0.2, -0.15) is 0 Å². The Morgan fingerprint density at radius 2 is 1.88 bits per heavy atom. The summed E-state index contributed by atoms with van der Waals surface area (Å²) in [5.41, 5.74) is 0.620. The zero-order valence-electron chi connectivity index (χ0n) is 12.4. The number of rotatable bonds is 4. The van der Waals surface area contributed by atoms with E-state index < -0.39 is 0 Å².